The molecule has 166 valence electrons. The average Bonchev–Trinajstić information content (AvgIpc) is 2.66. The molecular formula is C16H34N4O8. The van der Waals surface area contributed by atoms with E-state index >= 15 is 0 Å². The first-order valence-corrected chi connectivity index (χ1v) is 9.02. The molecule has 10 N–H and O–H groups in total. The quantitative estimate of drug-likeness (QED) is 0.133. The van der Waals surface area contributed by atoms with Gasteiger partial charge in [0, 0.05) is 26.1 Å². The summed E-state index contributed by atoms with van der Waals surface area (Å²) in [5.74, 6) is -4.26. The lowest BCUT2D eigenvalue weighted by atomic mass is 10.2. The summed E-state index contributed by atoms with van der Waals surface area (Å²) in [5, 5.41) is 40.1. The van der Waals surface area contributed by atoms with Gasteiger partial charge in [0.1, 0.15) is 0 Å². The zero-order chi connectivity index (χ0) is 22.2. The second kappa shape index (κ2) is 24.7. The highest BCUT2D eigenvalue weighted by molar-refractivity contribution is 6.25. The van der Waals surface area contributed by atoms with Gasteiger partial charge in [-0.05, 0) is 25.7 Å². The summed E-state index contributed by atoms with van der Waals surface area (Å²) in [6, 6.07) is 0. The molecule has 0 aromatic rings. The number of nitrogens with one attached hydrogen (secondary N) is 2. The van der Waals surface area contributed by atoms with E-state index in [-0.39, 0.29) is 25.0 Å². The lowest BCUT2D eigenvalue weighted by Crippen LogP contribution is -2.54. The molecule has 0 aromatic heterocycles. The van der Waals surface area contributed by atoms with Crippen molar-refractivity contribution in [3.8, 4) is 0 Å². The van der Waals surface area contributed by atoms with Crippen LogP contribution in [-0.4, -0.2) is 73.4 Å². The number of carbonyl (C=O) groups excluding carboxylic acids is 4. The largest absolute Gasteiger partial charge is 0.543 e. The molecule has 12 nitrogen and oxygen atoms in total. The Morgan fingerprint density at radius 1 is 0.679 bits per heavy atom. The Kier molecular flexibility index (Phi) is 26.9. The predicted octanol–water partition coefficient (Wildman–Crippen LogP) is -6.50. The highest BCUT2D eigenvalue weighted by atomic mass is 16.4. The standard InChI is InChI=1S/2C7H16N2O2.C2H2O4/c2*8-4-5-9-7(11)3-1-2-6-10;3-1(4)2(5)6/h2*10H,1-6,8H2,(H,9,11);(H,3,4)(H,5,6). The number of unbranched alkanes of at least 4 members (excludes halogenated alkanes) is 2. The van der Waals surface area contributed by atoms with Gasteiger partial charge in [-0.2, -0.15) is 0 Å². The van der Waals surface area contributed by atoms with E-state index in [4.69, 9.17) is 30.0 Å². The van der Waals surface area contributed by atoms with Gasteiger partial charge in [0.25, 0.3) is 0 Å². The van der Waals surface area contributed by atoms with Crippen LogP contribution in [-0.2, 0) is 19.2 Å². The first-order chi connectivity index (χ1) is 13.3. The summed E-state index contributed by atoms with van der Waals surface area (Å²) < 4.78 is 0. The molecule has 0 atom stereocenters. The van der Waals surface area contributed by atoms with E-state index in [1.807, 2.05) is 0 Å². The molecule has 0 aromatic carbocycles. The first-order valence-electron chi connectivity index (χ1n) is 9.02. The number of aliphatic carboxylic acids is 2. The monoisotopic (exact) mass is 410 g/mol. The molecule has 2 amide bonds. The normalized spacial score (nSPS) is 9.14. The van der Waals surface area contributed by atoms with E-state index in [2.05, 4.69) is 22.1 Å². The van der Waals surface area contributed by atoms with Crippen molar-refractivity contribution in [1.82, 2.24) is 10.6 Å². The summed E-state index contributed by atoms with van der Waals surface area (Å²) in [7, 11) is 0. The fourth-order valence-corrected chi connectivity index (χ4v) is 1.43. The van der Waals surface area contributed by atoms with Crippen LogP contribution >= 0.6 is 0 Å². The molecule has 0 fully saturated rings. The summed E-state index contributed by atoms with van der Waals surface area (Å²) >= 11 is 0. The van der Waals surface area contributed by atoms with E-state index in [9.17, 15) is 9.59 Å². The molecule has 12 heteroatoms. The molecule has 0 rings (SSSR count). The van der Waals surface area contributed by atoms with Crippen molar-refractivity contribution in [3.63, 3.8) is 0 Å². The zero-order valence-corrected chi connectivity index (χ0v) is 16.2. The van der Waals surface area contributed by atoms with Gasteiger partial charge in [0.05, 0.1) is 38.1 Å². The number of carboxylic acids is 2. The van der Waals surface area contributed by atoms with Gasteiger partial charge >= 0.3 is 0 Å². The summed E-state index contributed by atoms with van der Waals surface area (Å²) in [5.41, 5.74) is 7.20. The number of carboxylic acid groups (broad SMARTS) is 2. The number of quaternary nitrogens is 2. The molecule has 28 heavy (non-hydrogen) atoms. The molecule has 0 radical (unpaired) electrons. The Morgan fingerprint density at radius 2 is 1.00 bits per heavy atom. The number of aliphatic hydroxyl groups is 2. The van der Waals surface area contributed by atoms with Crippen LogP contribution in [0.3, 0.4) is 0 Å². The van der Waals surface area contributed by atoms with Gasteiger partial charge < -0.3 is 52.1 Å². The van der Waals surface area contributed by atoms with Crippen molar-refractivity contribution in [3.05, 3.63) is 0 Å². The maximum Gasteiger partial charge on any atom is 0.220 e. The van der Waals surface area contributed by atoms with Crippen LogP contribution in [0, 0.1) is 0 Å². The maximum absolute atomic E-state index is 10.9. The van der Waals surface area contributed by atoms with E-state index in [1.165, 1.54) is 0 Å². The van der Waals surface area contributed by atoms with Crippen LogP contribution in [0.15, 0.2) is 0 Å². The molecule has 0 aliphatic rings. The van der Waals surface area contributed by atoms with Crippen LogP contribution in [0.25, 0.3) is 0 Å². The van der Waals surface area contributed by atoms with Gasteiger partial charge in [-0.3, -0.25) is 9.59 Å². The smallest absolute Gasteiger partial charge is 0.220 e. The summed E-state index contributed by atoms with van der Waals surface area (Å²) in [6.07, 6.45) is 3.97. The Hall–Kier alpha value is -2.28. The van der Waals surface area contributed by atoms with Crippen LogP contribution in [0.1, 0.15) is 38.5 Å². The fraction of sp³-hybridized carbons (Fsp3) is 0.750. The number of rotatable bonds is 12. The number of carbonyl (C=O) groups is 4. The third-order valence-corrected chi connectivity index (χ3v) is 2.79. The van der Waals surface area contributed by atoms with Crippen molar-refractivity contribution < 1.29 is 51.1 Å². The highest BCUT2D eigenvalue weighted by Crippen LogP contribution is 1.93. The van der Waals surface area contributed by atoms with Crippen LogP contribution in [0.4, 0.5) is 0 Å². The molecule has 0 spiro atoms. The summed E-state index contributed by atoms with van der Waals surface area (Å²) in [6.45, 7) is 3.10. The van der Waals surface area contributed by atoms with Crippen molar-refractivity contribution in [2.75, 3.05) is 39.4 Å². The molecule has 0 aliphatic carbocycles. The lowest BCUT2D eigenvalue weighted by molar-refractivity contribution is -0.365. The third-order valence-electron chi connectivity index (χ3n) is 2.79. The van der Waals surface area contributed by atoms with E-state index < -0.39 is 11.9 Å². The zero-order valence-electron chi connectivity index (χ0n) is 16.2. The van der Waals surface area contributed by atoms with E-state index in [0.717, 1.165) is 25.9 Å². The minimum atomic E-state index is -2.19. The van der Waals surface area contributed by atoms with Gasteiger partial charge in [-0.15, -0.1) is 0 Å². The number of amides is 2. The highest BCUT2D eigenvalue weighted by Gasteiger charge is 1.99. The van der Waals surface area contributed by atoms with Crippen LogP contribution < -0.4 is 32.3 Å². The average molecular weight is 410 g/mol. The van der Waals surface area contributed by atoms with Crippen molar-refractivity contribution >= 4 is 23.8 Å². The molecule has 0 unspecified atom stereocenters. The second-order valence-corrected chi connectivity index (χ2v) is 5.34. The van der Waals surface area contributed by atoms with Gasteiger partial charge in [-0.25, -0.2) is 0 Å². The molecule has 0 saturated heterocycles. The Bertz CT molecular complexity index is 383. The van der Waals surface area contributed by atoms with Crippen molar-refractivity contribution in [1.29, 1.82) is 0 Å². The Labute approximate surface area is 164 Å². The Balaban J connectivity index is -0.000000351. The van der Waals surface area contributed by atoms with Gasteiger partial charge in [0.15, 0.2) is 0 Å². The maximum atomic E-state index is 10.9. The number of aliphatic hydroxyl groups excluding tert-OH is 2. The number of hydrogen-bond acceptors (Lipinski definition) is 8. The van der Waals surface area contributed by atoms with Crippen LogP contribution in [0.2, 0.25) is 0 Å². The topological polar surface area (TPSA) is 234 Å². The Morgan fingerprint density at radius 3 is 1.21 bits per heavy atom. The molecular weight excluding hydrogens is 376 g/mol. The fourth-order valence-electron chi connectivity index (χ4n) is 1.43. The summed E-state index contributed by atoms with van der Waals surface area (Å²) in [4.78, 5) is 39.6. The second-order valence-electron chi connectivity index (χ2n) is 5.34. The molecule has 0 bridgehead atoms. The number of hydrogen-bond donors (Lipinski definition) is 6. The molecule has 0 saturated carbocycles. The first kappa shape index (κ1) is 30.4. The van der Waals surface area contributed by atoms with Crippen molar-refractivity contribution in [2.45, 2.75) is 38.5 Å². The van der Waals surface area contributed by atoms with Gasteiger partial charge in [-0.1, -0.05) is 0 Å². The van der Waals surface area contributed by atoms with E-state index in [1.54, 1.807) is 0 Å². The molecule has 0 heterocycles. The molecule has 0 aliphatic heterocycles. The minimum absolute atomic E-state index is 0.0575. The van der Waals surface area contributed by atoms with E-state index in [0.29, 0.717) is 38.8 Å². The SMILES string of the molecule is O=C([O-])C(=O)[O-].[NH3+]CCNC(=O)CCCCO.[NH3+]CCNC(=O)CCCCO. The predicted molar refractivity (Wildman–Crippen MR) is 93.4 cm³/mol. The lowest BCUT2D eigenvalue weighted by Gasteiger charge is -2.00. The minimum Gasteiger partial charge on any atom is -0.543 e. The third kappa shape index (κ3) is 31.5. The van der Waals surface area contributed by atoms with Crippen molar-refractivity contribution in [2.24, 2.45) is 0 Å². The van der Waals surface area contributed by atoms with Gasteiger partial charge in [0.2, 0.25) is 11.8 Å². The van der Waals surface area contributed by atoms with Crippen LogP contribution in [0.5, 0.6) is 0 Å².